The Morgan fingerprint density at radius 3 is 3.07 bits per heavy atom. The smallest absolute Gasteiger partial charge is 0.137 e. The van der Waals surface area contributed by atoms with Crippen molar-refractivity contribution in [1.82, 2.24) is 5.32 Å². The summed E-state index contributed by atoms with van der Waals surface area (Å²) in [4.78, 5) is 0. The molecule has 1 aromatic rings. The zero-order valence-corrected chi connectivity index (χ0v) is 9.70. The lowest BCUT2D eigenvalue weighted by atomic mass is 9.94. The lowest BCUT2D eigenvalue weighted by Crippen LogP contribution is -2.35. The summed E-state index contributed by atoms with van der Waals surface area (Å²) in [7, 11) is 0. The molecule has 1 unspecified atom stereocenters. The van der Waals surface area contributed by atoms with Crippen molar-refractivity contribution in [2.45, 2.75) is 32.4 Å². The van der Waals surface area contributed by atoms with Crippen molar-refractivity contribution in [3.63, 3.8) is 0 Å². The van der Waals surface area contributed by atoms with E-state index in [0.29, 0.717) is 10.5 Å². The van der Waals surface area contributed by atoms with Crippen LogP contribution in [0, 0.1) is 5.82 Å². The van der Waals surface area contributed by atoms with Crippen LogP contribution in [-0.2, 0) is 13.0 Å². The second-order valence-electron chi connectivity index (χ2n) is 3.69. The van der Waals surface area contributed by atoms with Crippen molar-refractivity contribution in [3.05, 3.63) is 33.5 Å². The van der Waals surface area contributed by atoms with E-state index in [-0.39, 0.29) is 5.82 Å². The van der Waals surface area contributed by atoms with Gasteiger partial charge in [-0.25, -0.2) is 4.39 Å². The van der Waals surface area contributed by atoms with E-state index in [1.165, 1.54) is 11.6 Å². The Morgan fingerprint density at radius 1 is 1.57 bits per heavy atom. The van der Waals surface area contributed by atoms with E-state index in [0.717, 1.165) is 24.9 Å². The van der Waals surface area contributed by atoms with Gasteiger partial charge >= 0.3 is 0 Å². The fourth-order valence-electron chi connectivity index (χ4n) is 1.88. The zero-order chi connectivity index (χ0) is 10.1. The summed E-state index contributed by atoms with van der Waals surface area (Å²) in [6.07, 6.45) is 2.01. The second-order valence-corrected chi connectivity index (χ2v) is 4.48. The van der Waals surface area contributed by atoms with Crippen molar-refractivity contribution in [2.24, 2.45) is 0 Å². The normalized spacial score (nSPS) is 20.6. The molecule has 0 aromatic heterocycles. The van der Waals surface area contributed by atoms with E-state index in [2.05, 4.69) is 28.2 Å². The highest BCUT2D eigenvalue weighted by molar-refractivity contribution is 9.10. The number of nitrogens with one attached hydrogen (secondary N) is 1. The summed E-state index contributed by atoms with van der Waals surface area (Å²) >= 11 is 3.32. The summed E-state index contributed by atoms with van der Waals surface area (Å²) < 4.78 is 13.9. The third kappa shape index (κ3) is 1.71. The monoisotopic (exact) mass is 257 g/mol. The maximum atomic E-state index is 13.3. The molecule has 0 aliphatic carbocycles. The van der Waals surface area contributed by atoms with E-state index in [9.17, 15) is 4.39 Å². The Balaban J connectivity index is 2.38. The van der Waals surface area contributed by atoms with Crippen LogP contribution >= 0.6 is 15.9 Å². The van der Waals surface area contributed by atoms with Gasteiger partial charge in [0.05, 0.1) is 4.47 Å². The summed E-state index contributed by atoms with van der Waals surface area (Å²) in [6, 6.07) is 3.88. The van der Waals surface area contributed by atoms with Crippen molar-refractivity contribution in [3.8, 4) is 0 Å². The number of hydrogen-bond acceptors (Lipinski definition) is 1. The molecule has 2 rings (SSSR count). The Kier molecular flexibility index (Phi) is 2.88. The maximum Gasteiger partial charge on any atom is 0.137 e. The molecule has 1 aliphatic rings. The van der Waals surface area contributed by atoms with E-state index in [1.807, 2.05) is 6.07 Å². The first-order chi connectivity index (χ1) is 6.72. The van der Waals surface area contributed by atoms with Gasteiger partial charge in [-0.15, -0.1) is 0 Å². The molecule has 1 heterocycles. The summed E-state index contributed by atoms with van der Waals surface area (Å²) in [5.41, 5.74) is 2.35. The number of fused-ring (bicyclic) bond motifs is 1. The second kappa shape index (κ2) is 3.99. The van der Waals surface area contributed by atoms with Crippen LogP contribution in [-0.4, -0.2) is 6.04 Å². The molecule has 0 saturated carbocycles. The van der Waals surface area contributed by atoms with Crippen molar-refractivity contribution >= 4 is 15.9 Å². The van der Waals surface area contributed by atoms with Gasteiger partial charge in [0.2, 0.25) is 0 Å². The first-order valence-electron chi connectivity index (χ1n) is 4.91. The van der Waals surface area contributed by atoms with E-state index >= 15 is 0 Å². The lowest BCUT2D eigenvalue weighted by molar-refractivity contribution is 0.463. The molecule has 1 nitrogen and oxygen atoms in total. The number of rotatable bonds is 1. The van der Waals surface area contributed by atoms with Gasteiger partial charge in [0, 0.05) is 12.6 Å². The zero-order valence-electron chi connectivity index (χ0n) is 8.11. The third-order valence-corrected chi connectivity index (χ3v) is 3.68. The van der Waals surface area contributed by atoms with Gasteiger partial charge in [0.1, 0.15) is 5.82 Å². The van der Waals surface area contributed by atoms with Crippen molar-refractivity contribution in [2.75, 3.05) is 0 Å². The average Bonchev–Trinajstić information content (AvgIpc) is 2.23. The molecule has 1 N–H and O–H groups in total. The lowest BCUT2D eigenvalue weighted by Gasteiger charge is -2.26. The Labute approximate surface area is 91.8 Å². The largest absolute Gasteiger partial charge is 0.310 e. The number of halogens is 2. The topological polar surface area (TPSA) is 12.0 Å². The van der Waals surface area contributed by atoms with Gasteiger partial charge < -0.3 is 5.32 Å². The highest BCUT2D eigenvalue weighted by atomic mass is 79.9. The van der Waals surface area contributed by atoms with Crippen LogP contribution in [0.2, 0.25) is 0 Å². The summed E-state index contributed by atoms with van der Waals surface area (Å²) in [5.74, 6) is -0.152. The van der Waals surface area contributed by atoms with Gasteiger partial charge in [0.15, 0.2) is 0 Å². The van der Waals surface area contributed by atoms with Crippen LogP contribution in [0.15, 0.2) is 16.6 Å². The highest BCUT2D eigenvalue weighted by Crippen LogP contribution is 2.28. The maximum absolute atomic E-state index is 13.3. The average molecular weight is 258 g/mol. The van der Waals surface area contributed by atoms with Crippen LogP contribution in [0.4, 0.5) is 4.39 Å². The SMILES string of the molecule is CCC1Cc2c(ccc(F)c2Br)CN1. The first-order valence-corrected chi connectivity index (χ1v) is 5.70. The minimum atomic E-state index is -0.152. The molecule has 0 spiro atoms. The molecule has 0 fully saturated rings. The molecule has 0 radical (unpaired) electrons. The third-order valence-electron chi connectivity index (χ3n) is 2.82. The van der Waals surface area contributed by atoms with E-state index in [1.54, 1.807) is 0 Å². The van der Waals surface area contributed by atoms with Crippen LogP contribution in [0.25, 0.3) is 0 Å². The first kappa shape index (κ1) is 10.1. The molecule has 0 bridgehead atoms. The van der Waals surface area contributed by atoms with Crippen LogP contribution in [0.3, 0.4) is 0 Å². The minimum absolute atomic E-state index is 0.152. The summed E-state index contributed by atoms with van der Waals surface area (Å²) in [6.45, 7) is 3.00. The van der Waals surface area contributed by atoms with Crippen molar-refractivity contribution < 1.29 is 4.39 Å². The van der Waals surface area contributed by atoms with Crippen molar-refractivity contribution in [1.29, 1.82) is 0 Å². The molecule has 0 saturated heterocycles. The fraction of sp³-hybridized carbons (Fsp3) is 0.455. The molecule has 76 valence electrons. The molecule has 1 aliphatic heterocycles. The van der Waals surface area contributed by atoms with Crippen LogP contribution < -0.4 is 5.32 Å². The molecular formula is C11H13BrFN. The fourth-order valence-corrected chi connectivity index (χ4v) is 2.43. The molecule has 14 heavy (non-hydrogen) atoms. The van der Waals surface area contributed by atoms with Crippen LogP contribution in [0.1, 0.15) is 24.5 Å². The predicted molar refractivity (Wildman–Crippen MR) is 58.7 cm³/mol. The Bertz CT molecular complexity index is 351. The van der Waals surface area contributed by atoms with Gasteiger partial charge in [-0.2, -0.15) is 0 Å². The highest BCUT2D eigenvalue weighted by Gasteiger charge is 2.20. The molecule has 1 atom stereocenters. The van der Waals surface area contributed by atoms with Gasteiger partial charge in [0.25, 0.3) is 0 Å². The van der Waals surface area contributed by atoms with E-state index in [4.69, 9.17) is 0 Å². The quantitative estimate of drug-likeness (QED) is 0.816. The number of hydrogen-bond donors (Lipinski definition) is 1. The Hall–Kier alpha value is -0.410. The molecule has 1 aromatic carbocycles. The van der Waals surface area contributed by atoms with E-state index < -0.39 is 0 Å². The molecule has 3 heteroatoms. The predicted octanol–water partition coefficient (Wildman–Crippen LogP) is 3.01. The van der Waals surface area contributed by atoms with Gasteiger partial charge in [-0.05, 0) is 46.0 Å². The van der Waals surface area contributed by atoms with Gasteiger partial charge in [-0.3, -0.25) is 0 Å². The van der Waals surface area contributed by atoms with Crippen LogP contribution in [0.5, 0.6) is 0 Å². The number of benzene rings is 1. The van der Waals surface area contributed by atoms with Gasteiger partial charge in [-0.1, -0.05) is 13.0 Å². The standard InChI is InChI=1S/C11H13BrFN/c1-2-8-5-9-7(6-14-8)3-4-10(13)11(9)12/h3-4,8,14H,2,5-6H2,1H3. The Morgan fingerprint density at radius 2 is 2.36 bits per heavy atom. The minimum Gasteiger partial charge on any atom is -0.310 e. The molecule has 0 amide bonds. The molecular weight excluding hydrogens is 245 g/mol. The summed E-state index contributed by atoms with van der Waals surface area (Å²) in [5, 5.41) is 3.43.